The maximum absolute atomic E-state index is 12.5. The van der Waals surface area contributed by atoms with Gasteiger partial charge in [0.05, 0.1) is 21.5 Å². The summed E-state index contributed by atoms with van der Waals surface area (Å²) in [5.74, 6) is 0. The summed E-state index contributed by atoms with van der Waals surface area (Å²) in [5, 5.41) is 1.90. The van der Waals surface area contributed by atoms with Crippen LogP contribution >= 0.6 is 11.3 Å². The second-order valence-electron chi connectivity index (χ2n) is 7.09. The number of anilines is 1. The lowest BCUT2D eigenvalue weighted by Gasteiger charge is -2.18. The Hall–Kier alpha value is -2.97. The first-order chi connectivity index (χ1) is 14.9. The van der Waals surface area contributed by atoms with Gasteiger partial charge < -0.3 is 9.30 Å². The molecule has 0 aliphatic carbocycles. The first-order valence-electron chi connectivity index (χ1n) is 10.3. The predicted molar refractivity (Wildman–Crippen MR) is 110 cm³/mol. The van der Waals surface area contributed by atoms with Crippen LogP contribution in [-0.4, -0.2) is 39.7 Å². The first-order valence-corrected chi connectivity index (χ1v) is 10.2. The molecule has 1 fully saturated rings. The van der Waals surface area contributed by atoms with E-state index in [-0.39, 0.29) is 11.8 Å². The maximum Gasteiger partial charge on any atom is 0.416 e. The van der Waals surface area contributed by atoms with E-state index in [1.54, 1.807) is 12.1 Å². The van der Waals surface area contributed by atoms with Crippen molar-refractivity contribution in [3.05, 3.63) is 81.2 Å². The van der Waals surface area contributed by atoms with E-state index in [0.717, 1.165) is 29.0 Å². The summed E-state index contributed by atoms with van der Waals surface area (Å²) in [4.78, 5) is 32.5. The lowest BCUT2D eigenvalue weighted by Crippen LogP contribution is -2.31. The number of amides is 1. The molecule has 148 valence electrons. The minimum atomic E-state index is -2.13. The number of cyclic esters (lactones) is 1. The average Bonchev–Trinajstić information content (AvgIpc) is 3.46. The van der Waals surface area contributed by atoms with E-state index in [1.807, 2.05) is 12.1 Å². The SMILES string of the molecule is [2H]C([2H])(c1csc(N2C[C@H](CN3Cc4ccccc4C3)OC2=O)n1)n1ccccc1=O. The third-order valence-corrected chi connectivity index (χ3v) is 5.89. The Morgan fingerprint density at radius 3 is 2.66 bits per heavy atom. The number of carbonyl (C=O) groups excluding carboxylic acids is 1. The number of carbonyl (C=O) groups is 1. The molecule has 0 spiro atoms. The lowest BCUT2D eigenvalue weighted by atomic mass is 10.1. The number of hydrogen-bond acceptors (Lipinski definition) is 6. The van der Waals surface area contributed by atoms with Gasteiger partial charge in [-0.2, -0.15) is 0 Å². The number of aromatic nitrogens is 2. The summed E-state index contributed by atoms with van der Waals surface area (Å²) in [6.07, 6.45) is 0.609. The molecule has 7 nitrogen and oxygen atoms in total. The van der Waals surface area contributed by atoms with Crippen molar-refractivity contribution < 1.29 is 12.3 Å². The van der Waals surface area contributed by atoms with Gasteiger partial charge in [0.15, 0.2) is 5.13 Å². The molecule has 0 saturated carbocycles. The Morgan fingerprint density at radius 1 is 1.14 bits per heavy atom. The van der Waals surface area contributed by atoms with Crippen molar-refractivity contribution in [2.75, 3.05) is 18.0 Å². The van der Waals surface area contributed by atoms with Crippen molar-refractivity contribution in [1.29, 1.82) is 0 Å². The topological polar surface area (TPSA) is 67.7 Å². The Balaban J connectivity index is 1.29. The molecule has 2 aliphatic heterocycles. The van der Waals surface area contributed by atoms with Gasteiger partial charge in [-0.25, -0.2) is 14.7 Å². The van der Waals surface area contributed by atoms with Crippen LogP contribution in [0, 0.1) is 0 Å². The quantitative estimate of drug-likeness (QED) is 0.647. The van der Waals surface area contributed by atoms with Crippen LogP contribution < -0.4 is 10.5 Å². The van der Waals surface area contributed by atoms with Gasteiger partial charge >= 0.3 is 6.09 Å². The summed E-state index contributed by atoms with van der Waals surface area (Å²) in [6.45, 7) is 0.509. The fraction of sp³-hybridized carbons (Fsp3) is 0.286. The highest BCUT2D eigenvalue weighted by molar-refractivity contribution is 7.14. The molecule has 0 unspecified atom stereocenters. The number of nitrogens with zero attached hydrogens (tertiary/aromatic N) is 4. The molecular weight excluding hydrogens is 388 g/mol. The van der Waals surface area contributed by atoms with Crippen molar-refractivity contribution in [2.24, 2.45) is 0 Å². The second kappa shape index (κ2) is 7.46. The summed E-state index contributed by atoms with van der Waals surface area (Å²) in [7, 11) is 0. The highest BCUT2D eigenvalue weighted by Gasteiger charge is 2.36. The highest BCUT2D eigenvalue weighted by atomic mass is 32.1. The van der Waals surface area contributed by atoms with Crippen molar-refractivity contribution in [2.45, 2.75) is 25.7 Å². The molecule has 4 heterocycles. The van der Waals surface area contributed by atoms with E-state index in [0.29, 0.717) is 18.2 Å². The van der Waals surface area contributed by atoms with E-state index in [4.69, 9.17) is 7.48 Å². The van der Waals surface area contributed by atoms with Crippen molar-refractivity contribution in [1.82, 2.24) is 14.5 Å². The molecule has 1 aromatic carbocycles. The van der Waals surface area contributed by atoms with Crippen molar-refractivity contribution >= 4 is 22.6 Å². The van der Waals surface area contributed by atoms with Gasteiger partial charge in [-0.05, 0) is 17.2 Å². The molecule has 0 radical (unpaired) electrons. The zero-order chi connectivity index (χ0) is 21.6. The molecule has 0 bridgehead atoms. The summed E-state index contributed by atoms with van der Waals surface area (Å²) in [6, 6.07) is 12.7. The van der Waals surface area contributed by atoms with Crippen molar-refractivity contribution in [3.63, 3.8) is 0 Å². The molecule has 1 atom stereocenters. The fourth-order valence-corrected chi connectivity index (χ4v) is 4.43. The van der Waals surface area contributed by atoms with Crippen LogP contribution in [0.5, 0.6) is 0 Å². The van der Waals surface area contributed by atoms with E-state index in [1.165, 1.54) is 33.7 Å². The first kappa shape index (κ1) is 15.9. The average molecular weight is 410 g/mol. The number of benzene rings is 1. The van der Waals surface area contributed by atoms with Gasteiger partial charge in [-0.15, -0.1) is 11.3 Å². The zero-order valence-corrected chi connectivity index (χ0v) is 16.3. The number of thiazole rings is 1. The predicted octanol–water partition coefficient (Wildman–Crippen LogP) is 2.69. The van der Waals surface area contributed by atoms with E-state index < -0.39 is 18.1 Å². The van der Waals surface area contributed by atoms with E-state index >= 15 is 0 Å². The molecule has 0 N–H and O–H groups in total. The van der Waals surface area contributed by atoms with Gasteiger partial charge in [-0.3, -0.25) is 9.69 Å². The number of pyridine rings is 1. The summed E-state index contributed by atoms with van der Waals surface area (Å²) in [5.41, 5.74) is 2.21. The van der Waals surface area contributed by atoms with Gasteiger partial charge in [-0.1, -0.05) is 30.3 Å². The molecule has 3 aromatic rings. The number of rotatable bonds is 5. The van der Waals surface area contributed by atoms with Crippen LogP contribution in [0.3, 0.4) is 0 Å². The molecule has 1 amide bonds. The van der Waals surface area contributed by atoms with Crippen LogP contribution in [0.4, 0.5) is 9.93 Å². The molecular formula is C21H20N4O3S. The monoisotopic (exact) mass is 410 g/mol. The Kier molecular flexibility index (Phi) is 4.09. The van der Waals surface area contributed by atoms with Crippen molar-refractivity contribution in [3.8, 4) is 0 Å². The molecule has 1 saturated heterocycles. The lowest BCUT2D eigenvalue weighted by molar-refractivity contribution is 0.108. The zero-order valence-electron chi connectivity index (χ0n) is 17.5. The van der Waals surface area contributed by atoms with Crippen LogP contribution in [0.15, 0.2) is 58.8 Å². The molecule has 2 aliphatic rings. The molecule has 2 aromatic heterocycles. The Morgan fingerprint density at radius 2 is 1.90 bits per heavy atom. The van der Waals surface area contributed by atoms with E-state index in [2.05, 4.69) is 22.0 Å². The van der Waals surface area contributed by atoms with Crippen LogP contribution in [0.1, 0.15) is 19.6 Å². The third kappa shape index (κ3) is 3.68. The summed E-state index contributed by atoms with van der Waals surface area (Å²) < 4.78 is 23.3. The molecule has 8 heteroatoms. The van der Waals surface area contributed by atoms with E-state index in [9.17, 15) is 9.59 Å². The highest BCUT2D eigenvalue weighted by Crippen LogP contribution is 2.28. The van der Waals surface area contributed by atoms with Gasteiger partial charge in [0.1, 0.15) is 6.10 Å². The largest absolute Gasteiger partial charge is 0.443 e. The fourth-order valence-electron chi connectivity index (χ4n) is 3.68. The Bertz CT molecular complexity index is 1170. The van der Waals surface area contributed by atoms with Gasteiger partial charge in [0, 0.05) is 37.3 Å². The number of hydrogen-bond donors (Lipinski definition) is 0. The summed E-state index contributed by atoms with van der Waals surface area (Å²) >= 11 is 1.16. The standard InChI is InChI=1S/C21H20N4O3S/c26-19-7-3-4-8-24(19)11-17-14-29-20(22-17)25-13-18(28-21(25)27)12-23-9-15-5-1-2-6-16(15)10-23/h1-8,14,18H,9-13H2/t18-/m0/s1/i11D2. The third-order valence-electron chi connectivity index (χ3n) is 5.02. The van der Waals surface area contributed by atoms with Crippen LogP contribution in [-0.2, 0) is 24.3 Å². The minimum absolute atomic E-state index is 0.0760. The molecule has 29 heavy (non-hydrogen) atoms. The smallest absolute Gasteiger partial charge is 0.416 e. The second-order valence-corrected chi connectivity index (χ2v) is 7.93. The van der Waals surface area contributed by atoms with Crippen LogP contribution in [0.25, 0.3) is 0 Å². The van der Waals surface area contributed by atoms with Gasteiger partial charge in [0.2, 0.25) is 0 Å². The maximum atomic E-state index is 12.5. The number of fused-ring (bicyclic) bond motifs is 1. The van der Waals surface area contributed by atoms with Gasteiger partial charge in [0.25, 0.3) is 5.56 Å². The Labute approximate surface area is 174 Å². The van der Waals surface area contributed by atoms with Crippen LogP contribution in [0.2, 0.25) is 0 Å². The minimum Gasteiger partial charge on any atom is -0.443 e. The number of ether oxygens (including phenoxy) is 1. The normalized spacial score (nSPS) is 20.3. The molecule has 5 rings (SSSR count).